The molecule has 4 heteroatoms. The van der Waals surface area contributed by atoms with E-state index in [9.17, 15) is 10.1 Å². The lowest BCUT2D eigenvalue weighted by Crippen LogP contribution is -2.24. The van der Waals surface area contributed by atoms with Crippen LogP contribution >= 0.6 is 11.6 Å². The third-order valence-corrected chi connectivity index (χ3v) is 4.82. The molecule has 1 heterocycles. The molecule has 0 fully saturated rings. The molecule has 4 rings (SSSR count). The first kappa shape index (κ1) is 14.7. The molecule has 0 saturated heterocycles. The van der Waals surface area contributed by atoms with E-state index in [2.05, 4.69) is 11.4 Å². The van der Waals surface area contributed by atoms with Crippen LogP contribution in [0.15, 0.2) is 65.4 Å². The lowest BCUT2D eigenvalue weighted by Gasteiger charge is -2.27. The molecule has 0 spiro atoms. The summed E-state index contributed by atoms with van der Waals surface area (Å²) in [7, 11) is 0. The summed E-state index contributed by atoms with van der Waals surface area (Å²) in [6.45, 7) is 1.87. The number of Topliss-reactive ketones (excluding diaryl/α,β-unsaturated/α-hetero) is 1. The first-order valence-corrected chi connectivity index (χ1v) is 8.01. The number of carbonyl (C=O) groups is 1. The van der Waals surface area contributed by atoms with Gasteiger partial charge >= 0.3 is 0 Å². The maximum Gasteiger partial charge on any atom is 0.192 e. The van der Waals surface area contributed by atoms with Crippen LogP contribution in [0.3, 0.4) is 0 Å². The van der Waals surface area contributed by atoms with Crippen molar-refractivity contribution < 1.29 is 4.79 Å². The van der Waals surface area contributed by atoms with Crippen molar-refractivity contribution in [3.63, 3.8) is 0 Å². The first-order valence-electron chi connectivity index (χ1n) is 7.63. The summed E-state index contributed by atoms with van der Waals surface area (Å²) in [5.41, 5.74) is 5.27. The van der Waals surface area contributed by atoms with E-state index in [1.54, 1.807) is 12.1 Å². The van der Waals surface area contributed by atoms with Crippen molar-refractivity contribution in [3.05, 3.63) is 87.1 Å². The number of nitrogens with zero attached hydrogens (tertiary/aromatic N) is 1. The molecule has 3 nitrogen and oxygen atoms in total. The Morgan fingerprint density at radius 3 is 2.42 bits per heavy atom. The van der Waals surface area contributed by atoms with Crippen LogP contribution in [0.5, 0.6) is 0 Å². The minimum Gasteiger partial charge on any atom is -0.357 e. The molecule has 1 atom stereocenters. The van der Waals surface area contributed by atoms with Gasteiger partial charge in [-0.25, -0.2) is 0 Å². The van der Waals surface area contributed by atoms with Gasteiger partial charge in [0.1, 0.15) is 0 Å². The zero-order valence-electron chi connectivity index (χ0n) is 12.9. The molecule has 24 heavy (non-hydrogen) atoms. The number of halogens is 1. The first-order chi connectivity index (χ1) is 11.6. The van der Waals surface area contributed by atoms with Crippen molar-refractivity contribution in [1.82, 2.24) is 5.32 Å². The Bertz CT molecular complexity index is 977. The van der Waals surface area contributed by atoms with Crippen molar-refractivity contribution in [2.75, 3.05) is 0 Å². The number of nitrogens with one attached hydrogen (secondary N) is 1. The number of ketones is 1. The van der Waals surface area contributed by atoms with Gasteiger partial charge in [0.25, 0.3) is 0 Å². The van der Waals surface area contributed by atoms with Crippen molar-refractivity contribution in [2.24, 2.45) is 0 Å². The van der Waals surface area contributed by atoms with Gasteiger partial charge in [0.05, 0.1) is 23.3 Å². The van der Waals surface area contributed by atoms with Crippen LogP contribution in [-0.2, 0) is 0 Å². The van der Waals surface area contributed by atoms with Crippen LogP contribution < -0.4 is 5.32 Å². The largest absolute Gasteiger partial charge is 0.357 e. The third-order valence-electron chi connectivity index (χ3n) is 4.57. The summed E-state index contributed by atoms with van der Waals surface area (Å²) >= 11 is 5.99. The van der Waals surface area contributed by atoms with Crippen LogP contribution in [0.4, 0.5) is 0 Å². The van der Waals surface area contributed by atoms with Gasteiger partial charge in [-0.3, -0.25) is 4.79 Å². The number of allylic oxidation sites excluding steroid dienone is 3. The van der Waals surface area contributed by atoms with Crippen LogP contribution in [-0.4, -0.2) is 5.78 Å². The monoisotopic (exact) mass is 332 g/mol. The molecule has 0 amide bonds. The Labute approximate surface area is 144 Å². The summed E-state index contributed by atoms with van der Waals surface area (Å²) in [5.74, 6) is -0.392. The van der Waals surface area contributed by atoms with E-state index in [0.29, 0.717) is 21.7 Å². The van der Waals surface area contributed by atoms with E-state index in [-0.39, 0.29) is 11.7 Å². The van der Waals surface area contributed by atoms with Gasteiger partial charge in [0.2, 0.25) is 0 Å². The predicted molar refractivity (Wildman–Crippen MR) is 93.3 cm³/mol. The lowest BCUT2D eigenvalue weighted by molar-refractivity contribution is 0.103. The summed E-state index contributed by atoms with van der Waals surface area (Å²) < 4.78 is 0. The second-order valence-electron chi connectivity index (χ2n) is 5.92. The number of carbonyl (C=O) groups excluding carboxylic acids is 1. The Kier molecular flexibility index (Phi) is 3.30. The van der Waals surface area contributed by atoms with E-state index in [0.717, 1.165) is 22.5 Å². The highest BCUT2D eigenvalue weighted by molar-refractivity contribution is 6.30. The third kappa shape index (κ3) is 2.01. The van der Waals surface area contributed by atoms with Crippen LogP contribution in [0.2, 0.25) is 5.02 Å². The van der Waals surface area contributed by atoms with E-state index < -0.39 is 0 Å². The average molecular weight is 333 g/mol. The zero-order chi connectivity index (χ0) is 16.8. The fraction of sp³-hybridized carbons (Fsp3) is 0.100. The molecule has 1 N–H and O–H groups in total. The Morgan fingerprint density at radius 2 is 1.75 bits per heavy atom. The Balaban J connectivity index is 1.95. The van der Waals surface area contributed by atoms with E-state index >= 15 is 0 Å². The number of nitriles is 1. The topological polar surface area (TPSA) is 52.9 Å². The number of hydrogen-bond acceptors (Lipinski definition) is 3. The fourth-order valence-electron chi connectivity index (χ4n) is 3.47. The molecule has 2 aliphatic rings. The van der Waals surface area contributed by atoms with E-state index in [1.807, 2.05) is 43.3 Å². The SMILES string of the molecule is CC1=C(C#N)[C@@H](c2ccc(Cl)cc2)C2=C(N1)c1ccccc1C2=O. The maximum atomic E-state index is 13.0. The molecular weight excluding hydrogens is 320 g/mol. The van der Waals surface area contributed by atoms with Gasteiger partial charge in [-0.2, -0.15) is 5.26 Å². The summed E-state index contributed by atoms with van der Waals surface area (Å²) in [4.78, 5) is 13.0. The molecule has 0 bridgehead atoms. The number of benzene rings is 2. The molecule has 2 aromatic rings. The molecule has 1 aliphatic heterocycles. The number of hydrogen-bond donors (Lipinski definition) is 1. The van der Waals surface area contributed by atoms with Gasteiger partial charge in [0, 0.05) is 27.4 Å². The highest BCUT2D eigenvalue weighted by atomic mass is 35.5. The molecule has 0 saturated carbocycles. The lowest BCUT2D eigenvalue weighted by atomic mass is 9.80. The standard InChI is InChI=1S/C20H13ClN2O/c1-11-16(10-22)17(12-6-8-13(21)9-7-12)18-19(23-11)14-4-2-3-5-15(14)20(18)24/h2-9,17,23H,1H3/t17-/m1/s1. The van der Waals surface area contributed by atoms with Crippen molar-refractivity contribution in [3.8, 4) is 6.07 Å². The molecule has 2 aromatic carbocycles. The fourth-order valence-corrected chi connectivity index (χ4v) is 3.59. The van der Waals surface area contributed by atoms with Crippen molar-refractivity contribution in [2.45, 2.75) is 12.8 Å². The van der Waals surface area contributed by atoms with Crippen LogP contribution in [0.1, 0.15) is 34.3 Å². The van der Waals surface area contributed by atoms with Gasteiger partial charge in [-0.05, 0) is 24.6 Å². The van der Waals surface area contributed by atoms with Crippen LogP contribution in [0.25, 0.3) is 5.70 Å². The molecule has 0 unspecified atom stereocenters. The van der Waals surface area contributed by atoms with Crippen LogP contribution in [0, 0.1) is 11.3 Å². The molecule has 0 radical (unpaired) electrons. The number of rotatable bonds is 1. The predicted octanol–water partition coefficient (Wildman–Crippen LogP) is 4.43. The normalized spacial score (nSPS) is 18.9. The highest BCUT2D eigenvalue weighted by Crippen LogP contribution is 2.46. The maximum absolute atomic E-state index is 13.0. The highest BCUT2D eigenvalue weighted by Gasteiger charge is 2.40. The van der Waals surface area contributed by atoms with Crippen molar-refractivity contribution >= 4 is 23.1 Å². The second kappa shape index (κ2) is 5.36. The molecule has 0 aromatic heterocycles. The minimum absolute atomic E-state index is 0.0201. The summed E-state index contributed by atoms with van der Waals surface area (Å²) in [5, 5.41) is 13.6. The van der Waals surface area contributed by atoms with Gasteiger partial charge in [0.15, 0.2) is 5.78 Å². The van der Waals surface area contributed by atoms with Crippen molar-refractivity contribution in [1.29, 1.82) is 5.26 Å². The quantitative estimate of drug-likeness (QED) is 0.840. The Hall–Kier alpha value is -2.83. The zero-order valence-corrected chi connectivity index (χ0v) is 13.7. The molecular formula is C20H13ClN2O. The number of fused-ring (bicyclic) bond motifs is 2. The van der Waals surface area contributed by atoms with E-state index in [4.69, 9.17) is 11.6 Å². The Morgan fingerprint density at radius 1 is 1.08 bits per heavy atom. The van der Waals surface area contributed by atoms with Gasteiger partial charge in [-0.15, -0.1) is 0 Å². The minimum atomic E-state index is -0.372. The summed E-state index contributed by atoms with van der Waals surface area (Å²) in [6, 6.07) is 17.2. The van der Waals surface area contributed by atoms with Gasteiger partial charge in [-0.1, -0.05) is 48.0 Å². The van der Waals surface area contributed by atoms with E-state index in [1.165, 1.54) is 0 Å². The second-order valence-corrected chi connectivity index (χ2v) is 6.36. The number of dihydropyridines is 1. The average Bonchev–Trinajstić information content (AvgIpc) is 2.87. The van der Waals surface area contributed by atoms with Gasteiger partial charge < -0.3 is 5.32 Å². The smallest absolute Gasteiger partial charge is 0.192 e. The molecule has 1 aliphatic carbocycles. The molecule has 116 valence electrons. The summed E-state index contributed by atoms with van der Waals surface area (Å²) in [6.07, 6.45) is 0.